The second-order valence-corrected chi connectivity index (χ2v) is 3.93. The van der Waals surface area contributed by atoms with Crippen molar-refractivity contribution in [2.75, 3.05) is 6.54 Å². The summed E-state index contributed by atoms with van der Waals surface area (Å²) in [5, 5.41) is -3.98. The highest BCUT2D eigenvalue weighted by atomic mass is 32.2. The van der Waals surface area contributed by atoms with Crippen molar-refractivity contribution in [2.45, 2.75) is 25.0 Å². The summed E-state index contributed by atoms with van der Waals surface area (Å²) in [7, 11) is -5.20. The molecule has 14 heavy (non-hydrogen) atoms. The van der Waals surface area contributed by atoms with Crippen LogP contribution in [-0.2, 0) is 10.1 Å². The minimum absolute atomic E-state index is 0.00674. The van der Waals surface area contributed by atoms with Crippen molar-refractivity contribution >= 4 is 10.1 Å². The lowest BCUT2D eigenvalue weighted by atomic mass is 10.3. The predicted octanol–water partition coefficient (Wildman–Crippen LogP) is 1.40. The molecule has 0 saturated carbocycles. The predicted molar refractivity (Wildman–Crippen MR) is 50.7 cm³/mol. The molecule has 7 heteroatoms. The molecule has 0 aliphatic carbocycles. The van der Waals surface area contributed by atoms with E-state index in [1.54, 1.807) is 6.08 Å². The summed E-state index contributed by atoms with van der Waals surface area (Å²) in [6, 6.07) is 0. The van der Waals surface area contributed by atoms with Crippen LogP contribution >= 0.6 is 0 Å². The fraction of sp³-hybridized carbons (Fsp3) is 0.714. The Hall–Kier alpha value is -0.530. The molecule has 0 atom stereocenters. The van der Waals surface area contributed by atoms with Crippen LogP contribution in [0.2, 0.25) is 0 Å². The van der Waals surface area contributed by atoms with E-state index in [0.717, 1.165) is 0 Å². The normalized spacial score (nSPS) is 11.5. The highest BCUT2D eigenvalue weighted by Gasteiger charge is 2.42. The van der Waals surface area contributed by atoms with Gasteiger partial charge in [0.15, 0.2) is 0 Å². The molecule has 3 N–H and O–H groups in total. The average molecular weight is 231 g/mol. The molecule has 0 heterocycles. The first kappa shape index (κ1) is 15.9. The molecule has 0 aliphatic rings. The molecule has 0 fully saturated rings. The first-order valence-corrected chi connectivity index (χ1v) is 5.32. The number of rotatable bonds is 4. The van der Waals surface area contributed by atoms with Gasteiger partial charge in [0.05, 0.1) is 0 Å². The third kappa shape index (κ3) is 6.93. The largest absolute Gasteiger partial charge is 0.370 e. The molecule has 0 aliphatic heterocycles. The first-order valence-electron chi connectivity index (χ1n) is 3.88. The zero-order chi connectivity index (χ0) is 11.8. The first-order chi connectivity index (χ1) is 6.22. The van der Waals surface area contributed by atoms with Crippen molar-refractivity contribution in [1.82, 2.24) is 0 Å². The summed E-state index contributed by atoms with van der Waals surface area (Å²) in [6.45, 7) is 5.34. The lowest BCUT2D eigenvalue weighted by Crippen LogP contribution is -2.27. The quantitative estimate of drug-likeness (QED) is 0.566. The maximum absolute atomic E-state index is 12.1. The Morgan fingerprint density at radius 1 is 1.57 bits per heavy atom. The van der Waals surface area contributed by atoms with E-state index < -0.39 is 21.8 Å². The molecule has 0 spiro atoms. The molecule has 0 amide bonds. The highest BCUT2D eigenvalue weighted by molar-refractivity contribution is 7.86. The topological polar surface area (TPSA) is 80.4 Å². The van der Waals surface area contributed by atoms with Gasteiger partial charge < -0.3 is 5.73 Å². The summed E-state index contributed by atoms with van der Waals surface area (Å²) in [5.74, 6) is 0. The number of halogens is 2. The van der Waals surface area contributed by atoms with E-state index in [1.165, 1.54) is 6.92 Å². The van der Waals surface area contributed by atoms with Crippen molar-refractivity contribution in [2.24, 2.45) is 5.73 Å². The molecule has 0 aromatic heterocycles. The van der Waals surface area contributed by atoms with Crippen molar-refractivity contribution in [3.05, 3.63) is 12.7 Å². The second-order valence-electron chi connectivity index (χ2n) is 2.39. The summed E-state index contributed by atoms with van der Waals surface area (Å²) >= 11 is 0. The van der Waals surface area contributed by atoms with Gasteiger partial charge in [0, 0.05) is 13.0 Å². The van der Waals surface area contributed by atoms with E-state index in [0.29, 0.717) is 6.54 Å². The molecule has 86 valence electrons. The maximum atomic E-state index is 12.1. The Kier molecular flexibility index (Phi) is 7.80. The van der Waals surface area contributed by atoms with E-state index in [1.807, 2.05) is 0 Å². The number of hydrogen-bond acceptors (Lipinski definition) is 3. The van der Waals surface area contributed by atoms with Crippen molar-refractivity contribution in [1.29, 1.82) is 0 Å². The molecule has 0 saturated heterocycles. The summed E-state index contributed by atoms with van der Waals surface area (Å²) in [4.78, 5) is 0. The van der Waals surface area contributed by atoms with Crippen LogP contribution in [0, 0.1) is 0 Å². The third-order valence-corrected chi connectivity index (χ3v) is 2.04. The number of alkyl halides is 2. The van der Waals surface area contributed by atoms with E-state index in [-0.39, 0.29) is 6.42 Å². The van der Waals surface area contributed by atoms with Gasteiger partial charge in [-0.05, 0) is 6.42 Å². The van der Waals surface area contributed by atoms with Gasteiger partial charge in [-0.25, -0.2) is 0 Å². The van der Waals surface area contributed by atoms with Crippen molar-refractivity contribution < 1.29 is 21.8 Å². The molecule has 4 nitrogen and oxygen atoms in total. The Bertz CT molecular complexity index is 252. The van der Waals surface area contributed by atoms with Crippen LogP contribution < -0.4 is 5.73 Å². The Morgan fingerprint density at radius 3 is 2.00 bits per heavy atom. The van der Waals surface area contributed by atoms with Crippen molar-refractivity contribution in [3.63, 3.8) is 0 Å². The van der Waals surface area contributed by atoms with Crippen molar-refractivity contribution in [3.8, 4) is 0 Å². The molecule has 0 radical (unpaired) electrons. The molecule has 0 unspecified atom stereocenters. The SMILES string of the molecule is C=CCN.CCCC(F)(F)S(=O)(=O)O. The Morgan fingerprint density at radius 2 is 1.93 bits per heavy atom. The van der Waals surface area contributed by atoms with Crippen LogP contribution in [0.25, 0.3) is 0 Å². The molecular weight excluding hydrogens is 216 g/mol. The molecule has 0 aromatic rings. The van der Waals surface area contributed by atoms with Crippen LogP contribution in [0.1, 0.15) is 19.8 Å². The van der Waals surface area contributed by atoms with Gasteiger partial charge in [-0.15, -0.1) is 6.58 Å². The number of nitrogens with two attached hydrogens (primary N) is 1. The van der Waals surface area contributed by atoms with Gasteiger partial charge in [-0.2, -0.15) is 17.2 Å². The molecule has 0 rings (SSSR count). The summed E-state index contributed by atoms with van der Waals surface area (Å²) < 4.78 is 51.8. The lowest BCUT2D eigenvalue weighted by molar-refractivity contribution is 0.0706. The molecule has 0 aromatic carbocycles. The van der Waals surface area contributed by atoms with Gasteiger partial charge in [-0.1, -0.05) is 13.0 Å². The minimum Gasteiger partial charge on any atom is -0.327 e. The average Bonchev–Trinajstić information content (AvgIpc) is 2.03. The monoisotopic (exact) mass is 231 g/mol. The fourth-order valence-corrected chi connectivity index (χ4v) is 0.882. The smallest absolute Gasteiger partial charge is 0.327 e. The highest BCUT2D eigenvalue weighted by Crippen LogP contribution is 2.25. The molecule has 0 bridgehead atoms. The minimum atomic E-state index is -5.20. The Balaban J connectivity index is 0. The van der Waals surface area contributed by atoms with Gasteiger partial charge in [0.1, 0.15) is 0 Å². The molecular formula is C7H15F2NO3S. The summed E-state index contributed by atoms with van der Waals surface area (Å²) in [5.41, 5.74) is 4.91. The van der Waals surface area contributed by atoms with E-state index in [2.05, 4.69) is 6.58 Å². The zero-order valence-corrected chi connectivity index (χ0v) is 8.73. The fourth-order valence-electron chi connectivity index (χ4n) is 0.420. The van der Waals surface area contributed by atoms with Crippen LogP contribution in [0.4, 0.5) is 8.78 Å². The van der Waals surface area contributed by atoms with E-state index in [4.69, 9.17) is 10.3 Å². The second kappa shape index (κ2) is 6.86. The van der Waals surface area contributed by atoms with Gasteiger partial charge >= 0.3 is 15.4 Å². The van der Waals surface area contributed by atoms with Crippen LogP contribution in [0.3, 0.4) is 0 Å². The van der Waals surface area contributed by atoms with Crippen LogP contribution in [0.15, 0.2) is 12.7 Å². The van der Waals surface area contributed by atoms with E-state index >= 15 is 0 Å². The lowest BCUT2D eigenvalue weighted by Gasteiger charge is -2.09. The maximum Gasteiger partial charge on any atom is 0.370 e. The van der Waals surface area contributed by atoms with Crippen LogP contribution in [-0.4, -0.2) is 24.8 Å². The van der Waals surface area contributed by atoms with Gasteiger partial charge in [0.25, 0.3) is 0 Å². The number of hydrogen-bond donors (Lipinski definition) is 2. The third-order valence-electron chi connectivity index (χ3n) is 1.09. The van der Waals surface area contributed by atoms with E-state index in [9.17, 15) is 17.2 Å². The van der Waals surface area contributed by atoms with Crippen LogP contribution in [0.5, 0.6) is 0 Å². The standard InChI is InChI=1S/C4H8F2O3S.C3H7N/c1-2-3-4(5,6)10(7,8)9;1-2-3-4/h2-3H2,1H3,(H,7,8,9);2H,1,3-4H2. The zero-order valence-electron chi connectivity index (χ0n) is 7.91. The summed E-state index contributed by atoms with van der Waals surface area (Å²) in [6.07, 6.45) is 0.818. The van der Waals surface area contributed by atoms with Gasteiger partial charge in [0.2, 0.25) is 0 Å². The Labute approximate surface area is 82.5 Å². The van der Waals surface area contributed by atoms with Gasteiger partial charge in [-0.3, -0.25) is 4.55 Å².